The summed E-state index contributed by atoms with van der Waals surface area (Å²) in [5.74, 6) is 4.27. The maximum Gasteiger partial charge on any atom is 0.127 e. The van der Waals surface area contributed by atoms with Crippen LogP contribution in [0.3, 0.4) is 0 Å². The second-order valence-corrected chi connectivity index (χ2v) is 25.1. The molecule has 0 radical (unpaired) electrons. The monoisotopic (exact) mass is 771 g/mol. The first-order valence-corrected chi connectivity index (χ1v) is 25.1. The third-order valence-corrected chi connectivity index (χ3v) is 22.1. The average molecular weight is 771 g/mol. The van der Waals surface area contributed by atoms with E-state index in [1.807, 2.05) is 18.2 Å². The van der Waals surface area contributed by atoms with Crippen LogP contribution in [0.4, 0.5) is 4.39 Å². The average Bonchev–Trinajstić information content (AvgIpc) is 3.87. The van der Waals surface area contributed by atoms with Crippen molar-refractivity contribution < 1.29 is 9.13 Å². The standard InChI is InChI=1S/C51H67FN2OSi/c1-33-24-26-43-40(30-33)45-47(53(43)6)36-19-11-13-21-38(36)49(45)56(7,29-17-9-8-16-28-55-51(3,4)5)50-39-22-14-12-20-37(39)48-46(50)41-31-34(2)25-27-44(41)54(48)32-35-18-10-15-23-42(35)52/h10-15,18-27,30-31,36-41,43-50H,8-9,16-17,28-29,32H2,1-7H3. The van der Waals surface area contributed by atoms with E-state index in [1.54, 1.807) is 6.07 Å². The SMILES string of the molecule is CC1=CC2C3C(C4C=CC=CC4C3[Si](C)(CCCCCCOC(C)(C)C)C3C4C=CC=CC4C4C3C3C=C(C)C=CC3N4Cc3ccccc3F)N(C)C2C=C1. The fraction of sp³-hybridized carbons (Fsp3) is 0.569. The Kier molecular flexibility index (Phi) is 10.4. The van der Waals surface area contributed by atoms with Gasteiger partial charge in [-0.1, -0.05) is 146 Å². The quantitative estimate of drug-likeness (QED) is 0.165. The Hall–Kier alpha value is -2.83. The summed E-state index contributed by atoms with van der Waals surface area (Å²) in [6.45, 7) is 15.6. The molecule has 3 nitrogen and oxygen atoms in total. The molecule has 6 aliphatic carbocycles. The minimum atomic E-state index is -2.16. The van der Waals surface area contributed by atoms with E-state index < -0.39 is 8.07 Å². The highest BCUT2D eigenvalue weighted by Gasteiger charge is 2.70. The molecule has 5 heteroatoms. The highest BCUT2D eigenvalue weighted by Crippen LogP contribution is 2.70. The van der Waals surface area contributed by atoms with Gasteiger partial charge in [0.1, 0.15) is 5.82 Å². The third kappa shape index (κ3) is 6.55. The lowest BCUT2D eigenvalue weighted by Gasteiger charge is -2.50. The van der Waals surface area contributed by atoms with Crippen LogP contribution >= 0.6 is 0 Å². The van der Waals surface area contributed by atoms with Crippen LogP contribution in [0.25, 0.3) is 0 Å². The molecule has 4 fully saturated rings. The van der Waals surface area contributed by atoms with Crippen LogP contribution in [-0.4, -0.2) is 61.3 Å². The van der Waals surface area contributed by atoms with Crippen LogP contribution in [0.1, 0.15) is 65.9 Å². The highest BCUT2D eigenvalue weighted by atomic mass is 28.3. The maximum atomic E-state index is 15.6. The number of likely N-dealkylation sites (N-methyl/N-ethyl adjacent to an activating group) is 1. The van der Waals surface area contributed by atoms with Gasteiger partial charge >= 0.3 is 0 Å². The molecule has 2 aliphatic heterocycles. The van der Waals surface area contributed by atoms with Gasteiger partial charge in [-0.2, -0.15) is 0 Å². The summed E-state index contributed by atoms with van der Waals surface area (Å²) in [5.41, 5.74) is 4.95. The second kappa shape index (κ2) is 15.1. The molecule has 15 atom stereocenters. The number of allylic oxidation sites excluding steroid dienone is 10. The van der Waals surface area contributed by atoms with Crippen LogP contribution in [0.15, 0.2) is 120 Å². The third-order valence-electron chi connectivity index (χ3n) is 16.1. The van der Waals surface area contributed by atoms with Crippen molar-refractivity contribution in [3.8, 4) is 0 Å². The number of fused-ring (bicyclic) bond motifs is 10. The molecule has 0 bridgehead atoms. The molecule has 298 valence electrons. The zero-order valence-corrected chi connectivity index (χ0v) is 36.1. The molecule has 2 heterocycles. The summed E-state index contributed by atoms with van der Waals surface area (Å²) in [5, 5.41) is 0. The Morgan fingerprint density at radius 2 is 1.23 bits per heavy atom. The van der Waals surface area contributed by atoms with Crippen molar-refractivity contribution in [2.24, 2.45) is 47.3 Å². The van der Waals surface area contributed by atoms with Crippen molar-refractivity contribution in [3.05, 3.63) is 132 Å². The normalized spacial score (nSPS) is 40.1. The first-order chi connectivity index (χ1) is 27.0. The van der Waals surface area contributed by atoms with Gasteiger partial charge in [-0.05, 0) is 101 Å². The van der Waals surface area contributed by atoms with E-state index >= 15 is 4.39 Å². The van der Waals surface area contributed by atoms with Gasteiger partial charge in [0.25, 0.3) is 0 Å². The summed E-state index contributed by atoms with van der Waals surface area (Å²) in [6.07, 6.45) is 40.2. The van der Waals surface area contributed by atoms with Gasteiger partial charge in [-0.15, -0.1) is 0 Å². The molecule has 8 aliphatic rings. The van der Waals surface area contributed by atoms with Crippen molar-refractivity contribution in [2.45, 2.75) is 120 Å². The summed E-state index contributed by atoms with van der Waals surface area (Å²) in [4.78, 5) is 5.59. The van der Waals surface area contributed by atoms with E-state index in [0.29, 0.717) is 89.1 Å². The van der Waals surface area contributed by atoms with E-state index in [4.69, 9.17) is 4.74 Å². The molecule has 56 heavy (non-hydrogen) atoms. The molecule has 15 unspecified atom stereocenters. The number of halogens is 1. The molecule has 2 saturated heterocycles. The lowest BCUT2D eigenvalue weighted by molar-refractivity contribution is -0.00471. The molecule has 1 aromatic rings. The Bertz CT molecular complexity index is 1900. The van der Waals surface area contributed by atoms with E-state index in [9.17, 15) is 0 Å². The largest absolute Gasteiger partial charge is 0.376 e. The fourth-order valence-electron chi connectivity index (χ4n) is 14.2. The zero-order chi connectivity index (χ0) is 38.9. The van der Waals surface area contributed by atoms with Gasteiger partial charge in [0.15, 0.2) is 0 Å². The predicted octanol–water partition coefficient (Wildman–Crippen LogP) is 11.5. The fourth-order valence-corrected chi connectivity index (χ4v) is 21.4. The Balaban J connectivity index is 1.14. The van der Waals surface area contributed by atoms with Crippen molar-refractivity contribution in [2.75, 3.05) is 13.7 Å². The van der Waals surface area contributed by atoms with Crippen molar-refractivity contribution >= 4 is 8.07 Å². The number of unbranched alkanes of at least 4 members (excludes halogenated alkanes) is 3. The van der Waals surface area contributed by atoms with Gasteiger partial charge in [0.2, 0.25) is 0 Å². The maximum absolute atomic E-state index is 15.6. The van der Waals surface area contributed by atoms with E-state index in [1.165, 1.54) is 36.5 Å². The smallest absolute Gasteiger partial charge is 0.127 e. The number of ether oxygens (including phenoxy) is 1. The summed E-state index contributed by atoms with van der Waals surface area (Å²) in [6, 6.07) is 10.7. The highest BCUT2D eigenvalue weighted by molar-refractivity contribution is 6.82. The topological polar surface area (TPSA) is 15.7 Å². The molecule has 0 aromatic heterocycles. The van der Waals surface area contributed by atoms with Crippen LogP contribution in [-0.2, 0) is 11.3 Å². The first kappa shape index (κ1) is 38.7. The van der Waals surface area contributed by atoms with Crippen molar-refractivity contribution in [1.82, 2.24) is 9.80 Å². The Morgan fingerprint density at radius 1 is 0.679 bits per heavy atom. The van der Waals surface area contributed by atoms with E-state index in [2.05, 4.69) is 143 Å². The lowest BCUT2D eigenvalue weighted by Crippen LogP contribution is -2.51. The molecule has 1 aromatic carbocycles. The van der Waals surface area contributed by atoms with Gasteiger partial charge in [-0.25, -0.2) is 4.39 Å². The summed E-state index contributed by atoms with van der Waals surface area (Å²) >= 11 is 0. The predicted molar refractivity (Wildman–Crippen MR) is 233 cm³/mol. The van der Waals surface area contributed by atoms with Crippen molar-refractivity contribution in [1.29, 1.82) is 0 Å². The number of nitrogens with zero attached hydrogens (tertiary/aromatic N) is 2. The van der Waals surface area contributed by atoms with Crippen LogP contribution in [0.2, 0.25) is 23.7 Å². The second-order valence-electron chi connectivity index (χ2n) is 20.3. The number of hydrogen-bond donors (Lipinski definition) is 0. The van der Waals surface area contributed by atoms with E-state index in [-0.39, 0.29) is 11.4 Å². The molecule has 0 spiro atoms. The van der Waals surface area contributed by atoms with Crippen LogP contribution < -0.4 is 0 Å². The molecular formula is C51H67FN2OSi. The molecule has 2 saturated carbocycles. The molecule has 0 amide bonds. The minimum absolute atomic E-state index is 0.0683. The van der Waals surface area contributed by atoms with E-state index in [0.717, 1.165) is 18.6 Å². The number of hydrogen-bond acceptors (Lipinski definition) is 3. The Morgan fingerprint density at radius 3 is 1.88 bits per heavy atom. The first-order valence-electron chi connectivity index (χ1n) is 22.2. The lowest BCUT2D eigenvalue weighted by atomic mass is 9.82. The van der Waals surface area contributed by atoms with Crippen LogP contribution in [0.5, 0.6) is 0 Å². The molecule has 9 rings (SSSR count). The van der Waals surface area contributed by atoms with Gasteiger partial charge < -0.3 is 4.74 Å². The van der Waals surface area contributed by atoms with Crippen LogP contribution in [0, 0.1) is 53.2 Å². The van der Waals surface area contributed by atoms with Crippen molar-refractivity contribution in [3.63, 3.8) is 0 Å². The molecule has 0 N–H and O–H groups in total. The van der Waals surface area contributed by atoms with Gasteiger partial charge in [0, 0.05) is 54.7 Å². The molecular weight excluding hydrogens is 704 g/mol. The minimum Gasteiger partial charge on any atom is -0.376 e. The Labute approximate surface area is 338 Å². The number of rotatable bonds is 11. The zero-order valence-electron chi connectivity index (χ0n) is 35.1. The number of benzene rings is 1. The summed E-state index contributed by atoms with van der Waals surface area (Å²) < 4.78 is 21.7. The number of likely N-dealkylation sites (tertiary alicyclic amines) is 2. The van der Waals surface area contributed by atoms with Gasteiger partial charge in [0.05, 0.1) is 13.7 Å². The van der Waals surface area contributed by atoms with Gasteiger partial charge in [-0.3, -0.25) is 9.80 Å². The summed E-state index contributed by atoms with van der Waals surface area (Å²) in [7, 11) is 0.286.